The van der Waals surface area contributed by atoms with Crippen molar-refractivity contribution in [1.82, 2.24) is 10.2 Å². The summed E-state index contributed by atoms with van der Waals surface area (Å²) in [5.74, 6) is -3.07. The number of hydrogen-bond donors (Lipinski definition) is 1. The number of carbonyl (C=O) groups excluding carboxylic acids is 4. The maximum atomic E-state index is 12.8. The minimum absolute atomic E-state index is 0.288. The van der Waals surface area contributed by atoms with E-state index in [0.29, 0.717) is 18.4 Å². The maximum absolute atomic E-state index is 12.8. The van der Waals surface area contributed by atoms with E-state index < -0.39 is 30.4 Å². The van der Waals surface area contributed by atoms with Crippen LogP contribution >= 0.6 is 0 Å². The van der Waals surface area contributed by atoms with Gasteiger partial charge in [-0.2, -0.15) is 0 Å². The van der Waals surface area contributed by atoms with E-state index in [2.05, 4.69) is 5.32 Å². The fourth-order valence-electron chi connectivity index (χ4n) is 4.20. The first-order valence-electron chi connectivity index (χ1n) is 9.73. The second kappa shape index (κ2) is 8.12. The number of imide groups is 1. The first-order valence-corrected chi connectivity index (χ1v) is 9.73. The van der Waals surface area contributed by atoms with Crippen LogP contribution in [-0.4, -0.2) is 34.6 Å². The first-order chi connectivity index (χ1) is 13.3. The number of fused-ring (bicyclic) bond motifs is 1. The van der Waals surface area contributed by atoms with E-state index in [1.807, 2.05) is 19.1 Å². The summed E-state index contributed by atoms with van der Waals surface area (Å²) >= 11 is 0. The van der Waals surface area contributed by atoms with Gasteiger partial charge in [-0.1, -0.05) is 42.7 Å². The average molecular weight is 385 g/mol. The molecule has 1 aromatic rings. The number of nitrogens with zero attached hydrogens (tertiary/aromatic N) is 1. The molecule has 3 rings (SSSR count). The lowest BCUT2D eigenvalue weighted by atomic mass is 9.81. The molecule has 7 nitrogen and oxygen atoms in total. The summed E-state index contributed by atoms with van der Waals surface area (Å²) in [5.41, 5.74) is 1.63. The van der Waals surface area contributed by atoms with Crippen molar-refractivity contribution in [2.45, 2.75) is 58.0 Å². The van der Waals surface area contributed by atoms with Crippen LogP contribution < -0.4 is 10.4 Å². The molecule has 0 bridgehead atoms. The molecule has 4 atom stereocenters. The average Bonchev–Trinajstić information content (AvgIpc) is 2.92. The zero-order valence-electron chi connectivity index (χ0n) is 16.1. The molecule has 1 saturated carbocycles. The van der Waals surface area contributed by atoms with Crippen LogP contribution in [-0.2, 0) is 19.2 Å². The molecule has 0 unspecified atom stereocenters. The van der Waals surface area contributed by atoms with Crippen molar-refractivity contribution < 1.29 is 24.3 Å². The van der Waals surface area contributed by atoms with Crippen molar-refractivity contribution >= 4 is 23.7 Å². The Morgan fingerprint density at radius 1 is 1.11 bits per heavy atom. The van der Waals surface area contributed by atoms with Crippen LogP contribution in [0.3, 0.4) is 0 Å². The van der Waals surface area contributed by atoms with Crippen molar-refractivity contribution in [2.75, 3.05) is 0 Å². The Labute approximate surface area is 164 Å². The van der Waals surface area contributed by atoms with Gasteiger partial charge < -0.3 is 15.2 Å². The maximum Gasteiger partial charge on any atom is 0.243 e. The third kappa shape index (κ3) is 3.93. The molecule has 0 radical (unpaired) electrons. The van der Waals surface area contributed by atoms with E-state index in [1.165, 1.54) is 6.92 Å². The number of hydrogen-bond acceptors (Lipinski definition) is 5. The lowest BCUT2D eigenvalue weighted by molar-refractivity contribution is -0.306. The summed E-state index contributed by atoms with van der Waals surface area (Å²) in [4.78, 5) is 50.4. The Kier molecular flexibility index (Phi) is 5.82. The standard InChI is InChI=1S/C21H26N2O5/c1-12-7-9-14(10-8-12)17(11-18(24)25)22-19(26)13(2)23-20(27)15-5-3-4-6-16(15)21(23)28/h7-10,13,15-17H,3-6,11H2,1-2H3,(H,22,26)(H,24,25)/p-1/t13-,15-,16+,17-/m0/s1. The third-order valence-electron chi connectivity index (χ3n) is 5.81. The Hall–Kier alpha value is -2.70. The predicted octanol–water partition coefficient (Wildman–Crippen LogP) is 0.856. The minimum atomic E-state index is -1.29. The molecule has 1 N–H and O–H groups in total. The predicted molar refractivity (Wildman–Crippen MR) is 98.4 cm³/mol. The fourth-order valence-corrected chi connectivity index (χ4v) is 4.20. The van der Waals surface area contributed by atoms with Crippen molar-refractivity contribution in [2.24, 2.45) is 11.8 Å². The summed E-state index contributed by atoms with van der Waals surface area (Å²) in [7, 11) is 0. The van der Waals surface area contributed by atoms with Crippen LogP contribution in [0.25, 0.3) is 0 Å². The molecule has 1 aliphatic heterocycles. The van der Waals surface area contributed by atoms with Crippen molar-refractivity contribution in [3.63, 3.8) is 0 Å². The molecule has 7 heteroatoms. The number of nitrogens with one attached hydrogen (secondary N) is 1. The molecule has 1 aliphatic carbocycles. The molecule has 1 heterocycles. The summed E-state index contributed by atoms with van der Waals surface area (Å²) in [6.07, 6.45) is 2.79. The molecule has 150 valence electrons. The molecule has 1 aromatic carbocycles. The first kappa shape index (κ1) is 20.0. The van der Waals surface area contributed by atoms with Gasteiger partial charge in [0.1, 0.15) is 6.04 Å². The normalized spacial score (nSPS) is 23.9. The molecular formula is C21H25N2O5-. The number of benzene rings is 1. The zero-order valence-corrected chi connectivity index (χ0v) is 16.1. The Bertz CT molecular complexity index is 764. The van der Waals surface area contributed by atoms with Gasteiger partial charge in [0, 0.05) is 12.4 Å². The van der Waals surface area contributed by atoms with Crippen LogP contribution in [0.5, 0.6) is 0 Å². The number of carboxylic acid groups (broad SMARTS) is 1. The van der Waals surface area contributed by atoms with Crippen molar-refractivity contribution in [1.29, 1.82) is 0 Å². The number of carbonyl (C=O) groups is 4. The highest BCUT2D eigenvalue weighted by molar-refractivity contribution is 6.08. The Morgan fingerprint density at radius 2 is 1.64 bits per heavy atom. The lowest BCUT2D eigenvalue weighted by Crippen LogP contribution is -2.49. The van der Waals surface area contributed by atoms with E-state index in [0.717, 1.165) is 23.3 Å². The van der Waals surface area contributed by atoms with Crippen molar-refractivity contribution in [3.05, 3.63) is 35.4 Å². The smallest absolute Gasteiger partial charge is 0.243 e. The molecule has 2 aliphatic rings. The van der Waals surface area contributed by atoms with Gasteiger partial charge in [-0.3, -0.25) is 19.3 Å². The van der Waals surface area contributed by atoms with Crippen LogP contribution in [0.15, 0.2) is 24.3 Å². The van der Waals surface area contributed by atoms with Gasteiger partial charge in [-0.05, 0) is 32.3 Å². The van der Waals surface area contributed by atoms with Gasteiger partial charge in [-0.15, -0.1) is 0 Å². The number of amides is 3. The quantitative estimate of drug-likeness (QED) is 0.731. The van der Waals surface area contributed by atoms with Gasteiger partial charge in [0.05, 0.1) is 17.9 Å². The number of likely N-dealkylation sites (tertiary alicyclic amines) is 1. The second-order valence-electron chi connectivity index (χ2n) is 7.77. The molecule has 1 saturated heterocycles. The van der Waals surface area contributed by atoms with Crippen LogP contribution in [0.4, 0.5) is 0 Å². The summed E-state index contributed by atoms with van der Waals surface area (Å²) in [5, 5.41) is 13.8. The monoisotopic (exact) mass is 385 g/mol. The van der Waals surface area contributed by atoms with Gasteiger partial charge in [0.15, 0.2) is 0 Å². The molecular weight excluding hydrogens is 360 g/mol. The van der Waals surface area contributed by atoms with Crippen LogP contribution in [0.2, 0.25) is 0 Å². The highest BCUT2D eigenvalue weighted by Gasteiger charge is 2.50. The van der Waals surface area contributed by atoms with E-state index >= 15 is 0 Å². The Morgan fingerprint density at radius 3 is 2.14 bits per heavy atom. The van der Waals surface area contributed by atoms with Gasteiger partial charge in [0.2, 0.25) is 17.7 Å². The molecule has 28 heavy (non-hydrogen) atoms. The Balaban J connectivity index is 1.75. The largest absolute Gasteiger partial charge is 0.550 e. The lowest BCUT2D eigenvalue weighted by Gasteiger charge is -2.26. The van der Waals surface area contributed by atoms with Crippen molar-refractivity contribution in [3.8, 4) is 0 Å². The van der Waals surface area contributed by atoms with E-state index in [1.54, 1.807) is 12.1 Å². The number of aliphatic carboxylic acids is 1. The minimum Gasteiger partial charge on any atom is -0.550 e. The van der Waals surface area contributed by atoms with E-state index in [-0.39, 0.29) is 23.7 Å². The van der Waals surface area contributed by atoms with Gasteiger partial charge in [0.25, 0.3) is 0 Å². The summed E-state index contributed by atoms with van der Waals surface area (Å²) in [6, 6.07) is 5.36. The molecule has 2 fully saturated rings. The fraction of sp³-hybridized carbons (Fsp3) is 0.524. The van der Waals surface area contributed by atoms with Gasteiger partial charge in [-0.25, -0.2) is 0 Å². The van der Waals surface area contributed by atoms with Crippen LogP contribution in [0.1, 0.15) is 56.2 Å². The zero-order chi connectivity index (χ0) is 20.4. The SMILES string of the molecule is Cc1ccc([C@H](CC(=O)[O-])NC(=O)[C@H](C)N2C(=O)[C@H]3CCCC[C@H]3C2=O)cc1. The third-order valence-corrected chi connectivity index (χ3v) is 5.81. The van der Waals surface area contributed by atoms with Crippen LogP contribution in [0, 0.1) is 18.8 Å². The number of rotatable bonds is 6. The number of carboxylic acids is 1. The summed E-state index contributed by atoms with van der Waals surface area (Å²) < 4.78 is 0. The molecule has 0 spiro atoms. The van der Waals surface area contributed by atoms with Gasteiger partial charge >= 0.3 is 0 Å². The van der Waals surface area contributed by atoms with E-state index in [9.17, 15) is 24.3 Å². The van der Waals surface area contributed by atoms with E-state index in [4.69, 9.17) is 0 Å². The second-order valence-corrected chi connectivity index (χ2v) is 7.77. The number of aryl methyl sites for hydroxylation is 1. The molecule has 3 amide bonds. The topological polar surface area (TPSA) is 107 Å². The summed E-state index contributed by atoms with van der Waals surface area (Å²) in [6.45, 7) is 3.41. The molecule has 0 aromatic heterocycles. The highest BCUT2D eigenvalue weighted by atomic mass is 16.4. The highest BCUT2D eigenvalue weighted by Crippen LogP contribution is 2.38.